The highest BCUT2D eigenvalue weighted by Crippen LogP contribution is 2.16. The van der Waals surface area contributed by atoms with E-state index < -0.39 is 12.1 Å². The third-order valence-electron chi connectivity index (χ3n) is 11.5. The predicted octanol–water partition coefficient (Wildman–Crippen LogP) is 14.7. The molecule has 0 aliphatic heterocycles. The van der Waals surface area contributed by atoms with Crippen molar-refractivity contribution in [1.29, 1.82) is 0 Å². The standard InChI is InChI=1S/C51H97NO5/c1-3-5-7-9-11-13-15-17-21-25-29-33-37-41-45-51(56)57-46-42-38-34-30-26-22-18-20-24-28-32-36-40-44-50(55)52-48(47-53)49(54)43-39-35-31-27-23-19-16-14-12-10-8-6-4-2/h20,24,32,36,48-49,53-54H,3-19,21-23,25-31,33-35,37-47H2,1-2H3,(H,52,55)/b24-20-,36-32-. The molecule has 3 N–H and O–H groups in total. The van der Waals surface area contributed by atoms with Gasteiger partial charge in [0, 0.05) is 12.8 Å². The molecule has 0 aromatic heterocycles. The number of esters is 1. The van der Waals surface area contributed by atoms with E-state index in [0.717, 1.165) is 51.4 Å². The average Bonchev–Trinajstić information content (AvgIpc) is 3.21. The largest absolute Gasteiger partial charge is 0.466 e. The maximum Gasteiger partial charge on any atom is 0.305 e. The smallest absolute Gasteiger partial charge is 0.305 e. The summed E-state index contributed by atoms with van der Waals surface area (Å²) in [6.45, 7) is 4.88. The van der Waals surface area contributed by atoms with Gasteiger partial charge in [-0.1, -0.05) is 231 Å². The Balaban J connectivity index is 3.54. The Labute approximate surface area is 354 Å². The fourth-order valence-electron chi connectivity index (χ4n) is 7.63. The fourth-order valence-corrected chi connectivity index (χ4v) is 7.63. The molecule has 0 aliphatic rings. The molecular weight excluding hydrogens is 707 g/mol. The molecule has 0 saturated heterocycles. The number of aliphatic hydroxyl groups excluding tert-OH is 2. The van der Waals surface area contributed by atoms with Crippen molar-refractivity contribution in [3.8, 4) is 0 Å². The first-order valence-electron chi connectivity index (χ1n) is 25.1. The van der Waals surface area contributed by atoms with Gasteiger partial charge in [0.1, 0.15) is 0 Å². The summed E-state index contributed by atoms with van der Waals surface area (Å²) in [5.74, 6) is -0.131. The summed E-state index contributed by atoms with van der Waals surface area (Å²) < 4.78 is 5.45. The zero-order chi connectivity index (χ0) is 41.5. The number of rotatable bonds is 46. The first-order valence-corrected chi connectivity index (χ1v) is 25.1. The summed E-state index contributed by atoms with van der Waals surface area (Å²) in [6, 6.07) is -0.583. The second-order valence-electron chi connectivity index (χ2n) is 17.1. The Morgan fingerprint density at radius 3 is 1.37 bits per heavy atom. The Bertz CT molecular complexity index is 889. The lowest BCUT2D eigenvalue weighted by Crippen LogP contribution is -2.45. The summed E-state index contributed by atoms with van der Waals surface area (Å²) in [5.41, 5.74) is 0. The van der Waals surface area contributed by atoms with Crippen LogP contribution in [0.2, 0.25) is 0 Å². The molecule has 1 amide bonds. The minimum absolute atomic E-state index is 0.0151. The van der Waals surface area contributed by atoms with E-state index in [-0.39, 0.29) is 18.5 Å². The first-order chi connectivity index (χ1) is 28.0. The molecule has 0 bridgehead atoms. The highest BCUT2D eigenvalue weighted by Gasteiger charge is 2.19. The molecule has 0 fully saturated rings. The van der Waals surface area contributed by atoms with E-state index in [9.17, 15) is 19.8 Å². The van der Waals surface area contributed by atoms with Crippen LogP contribution in [-0.2, 0) is 14.3 Å². The fraction of sp³-hybridized carbons (Fsp3) is 0.882. The molecule has 0 saturated carbocycles. The number of aliphatic hydroxyl groups is 2. The number of ether oxygens (including phenoxy) is 1. The zero-order valence-corrected chi connectivity index (χ0v) is 38.1. The van der Waals surface area contributed by atoms with Crippen LogP contribution in [0, 0.1) is 0 Å². The molecule has 6 nitrogen and oxygen atoms in total. The number of amides is 1. The molecular formula is C51H97NO5. The number of carbonyl (C=O) groups excluding carboxylic acids is 2. The highest BCUT2D eigenvalue weighted by atomic mass is 16.5. The van der Waals surface area contributed by atoms with Gasteiger partial charge in [-0.3, -0.25) is 9.59 Å². The molecule has 0 radical (unpaired) electrons. The van der Waals surface area contributed by atoms with E-state index in [1.165, 1.54) is 173 Å². The highest BCUT2D eigenvalue weighted by molar-refractivity contribution is 5.76. The third-order valence-corrected chi connectivity index (χ3v) is 11.5. The van der Waals surface area contributed by atoms with Gasteiger partial charge in [0.15, 0.2) is 0 Å². The van der Waals surface area contributed by atoms with Gasteiger partial charge in [0.25, 0.3) is 0 Å². The van der Waals surface area contributed by atoms with Gasteiger partial charge < -0.3 is 20.3 Å². The number of carbonyl (C=O) groups is 2. The summed E-state index contributed by atoms with van der Waals surface area (Å²) in [7, 11) is 0. The summed E-state index contributed by atoms with van der Waals surface area (Å²) in [4.78, 5) is 24.4. The second kappa shape index (κ2) is 47.0. The quantitative estimate of drug-likeness (QED) is 0.0324. The molecule has 2 unspecified atom stereocenters. The van der Waals surface area contributed by atoms with Gasteiger partial charge >= 0.3 is 5.97 Å². The van der Waals surface area contributed by atoms with Crippen LogP contribution >= 0.6 is 0 Å². The number of hydrogen-bond acceptors (Lipinski definition) is 5. The lowest BCUT2D eigenvalue weighted by atomic mass is 10.0. The number of nitrogens with one attached hydrogen (secondary N) is 1. The van der Waals surface area contributed by atoms with Gasteiger partial charge in [-0.15, -0.1) is 0 Å². The molecule has 2 atom stereocenters. The molecule has 0 heterocycles. The Kier molecular flexibility index (Phi) is 45.7. The maximum absolute atomic E-state index is 12.4. The molecule has 336 valence electrons. The van der Waals surface area contributed by atoms with Gasteiger partial charge in [0.05, 0.1) is 25.4 Å². The normalized spacial score (nSPS) is 12.8. The molecule has 0 aromatic rings. The van der Waals surface area contributed by atoms with Crippen LogP contribution in [0.25, 0.3) is 0 Å². The second-order valence-corrected chi connectivity index (χ2v) is 17.1. The first kappa shape index (κ1) is 55.3. The summed E-state index contributed by atoms with van der Waals surface area (Å²) in [6.07, 6.45) is 54.4. The summed E-state index contributed by atoms with van der Waals surface area (Å²) >= 11 is 0. The maximum atomic E-state index is 12.4. The van der Waals surface area contributed by atoms with Crippen LogP contribution in [-0.4, -0.2) is 47.4 Å². The number of unbranched alkanes of at least 4 members (excludes halogenated alkanes) is 31. The van der Waals surface area contributed by atoms with Crippen LogP contribution < -0.4 is 5.32 Å². The van der Waals surface area contributed by atoms with Crippen molar-refractivity contribution in [2.45, 2.75) is 276 Å². The predicted molar refractivity (Wildman–Crippen MR) is 246 cm³/mol. The minimum Gasteiger partial charge on any atom is -0.466 e. The molecule has 0 aromatic carbocycles. The third kappa shape index (κ3) is 43.7. The van der Waals surface area contributed by atoms with E-state index in [1.54, 1.807) is 0 Å². The number of hydrogen-bond donors (Lipinski definition) is 3. The van der Waals surface area contributed by atoms with E-state index in [1.807, 2.05) is 6.08 Å². The van der Waals surface area contributed by atoms with Crippen molar-refractivity contribution < 1.29 is 24.5 Å². The Morgan fingerprint density at radius 1 is 0.491 bits per heavy atom. The van der Waals surface area contributed by atoms with Crippen LogP contribution in [0.15, 0.2) is 24.3 Å². The van der Waals surface area contributed by atoms with Crippen LogP contribution in [0.1, 0.15) is 264 Å². The molecule has 6 heteroatoms. The van der Waals surface area contributed by atoms with Crippen LogP contribution in [0.5, 0.6) is 0 Å². The zero-order valence-electron chi connectivity index (χ0n) is 38.1. The van der Waals surface area contributed by atoms with Gasteiger partial charge in [-0.05, 0) is 44.9 Å². The van der Waals surface area contributed by atoms with Gasteiger partial charge in [0.2, 0.25) is 5.91 Å². The van der Waals surface area contributed by atoms with E-state index in [4.69, 9.17) is 4.74 Å². The molecule has 0 rings (SSSR count). The van der Waals surface area contributed by atoms with E-state index >= 15 is 0 Å². The Hall–Kier alpha value is -1.66. The topological polar surface area (TPSA) is 95.9 Å². The van der Waals surface area contributed by atoms with Crippen LogP contribution in [0.3, 0.4) is 0 Å². The van der Waals surface area contributed by atoms with E-state index in [2.05, 4.69) is 37.4 Å². The van der Waals surface area contributed by atoms with E-state index in [0.29, 0.717) is 32.3 Å². The van der Waals surface area contributed by atoms with Crippen molar-refractivity contribution >= 4 is 11.9 Å². The van der Waals surface area contributed by atoms with Crippen molar-refractivity contribution in [3.63, 3.8) is 0 Å². The van der Waals surface area contributed by atoms with Gasteiger partial charge in [-0.25, -0.2) is 0 Å². The van der Waals surface area contributed by atoms with Gasteiger partial charge in [-0.2, -0.15) is 0 Å². The van der Waals surface area contributed by atoms with Crippen LogP contribution in [0.4, 0.5) is 0 Å². The molecule has 0 spiro atoms. The number of allylic oxidation sites excluding steroid dienone is 4. The Morgan fingerprint density at radius 2 is 0.895 bits per heavy atom. The summed E-state index contributed by atoms with van der Waals surface area (Å²) in [5, 5.41) is 23.1. The van der Waals surface area contributed by atoms with Crippen molar-refractivity contribution in [2.24, 2.45) is 0 Å². The van der Waals surface area contributed by atoms with Crippen molar-refractivity contribution in [1.82, 2.24) is 5.32 Å². The van der Waals surface area contributed by atoms with Crippen molar-refractivity contribution in [3.05, 3.63) is 24.3 Å². The lowest BCUT2D eigenvalue weighted by molar-refractivity contribution is -0.143. The lowest BCUT2D eigenvalue weighted by Gasteiger charge is -2.22. The minimum atomic E-state index is -0.697. The molecule has 57 heavy (non-hydrogen) atoms. The average molecular weight is 804 g/mol. The molecule has 0 aliphatic carbocycles. The van der Waals surface area contributed by atoms with Crippen molar-refractivity contribution in [2.75, 3.05) is 13.2 Å². The monoisotopic (exact) mass is 804 g/mol. The SMILES string of the molecule is CCCCCCCCCCCCCCCCC(=O)OCCCCCCCC/C=C\C/C=C\CCC(=O)NC(CO)C(O)CCCCCCCCCCCCCCC.